The van der Waals surface area contributed by atoms with Gasteiger partial charge in [-0.05, 0) is 0 Å². The Bertz CT molecular complexity index is 445. The standard InChI is InChI=1S/C11H15NO4Se/c1-11(2,7-13)12-10(14)8-5-3-4-6-9(8)17(15)16/h3-6,13H,7H2,1-2H3,(H,12,14)(H,15,16). The number of rotatable bonds is 4. The third-order valence-electron chi connectivity index (χ3n) is 2.17. The first-order valence-corrected chi connectivity index (χ1v) is 7.33. The number of amides is 1. The molecule has 0 aliphatic rings. The van der Waals surface area contributed by atoms with Crippen molar-refractivity contribution in [3.05, 3.63) is 29.8 Å². The van der Waals surface area contributed by atoms with Gasteiger partial charge in [0.05, 0.1) is 0 Å². The van der Waals surface area contributed by atoms with E-state index in [1.54, 1.807) is 26.0 Å². The van der Waals surface area contributed by atoms with Gasteiger partial charge >= 0.3 is 104 Å². The average molecular weight is 304 g/mol. The molecule has 0 aliphatic heterocycles. The normalized spacial score (nSPS) is 13.2. The fraction of sp³-hybridized carbons (Fsp3) is 0.364. The molecule has 0 spiro atoms. The van der Waals surface area contributed by atoms with Crippen molar-refractivity contribution >= 4 is 24.5 Å². The zero-order valence-corrected chi connectivity index (χ0v) is 11.3. The second-order valence-corrected chi connectivity index (χ2v) is 6.21. The van der Waals surface area contributed by atoms with Gasteiger partial charge in [0.25, 0.3) is 0 Å². The van der Waals surface area contributed by atoms with Crippen LogP contribution in [0.2, 0.25) is 0 Å². The van der Waals surface area contributed by atoms with Crippen molar-refractivity contribution in [3.8, 4) is 0 Å². The third-order valence-corrected chi connectivity index (χ3v) is 3.70. The first-order chi connectivity index (χ1) is 7.87. The van der Waals surface area contributed by atoms with E-state index in [-0.39, 0.29) is 16.6 Å². The molecule has 0 radical (unpaired) electrons. The number of carbonyl (C=O) groups is 1. The van der Waals surface area contributed by atoms with Gasteiger partial charge in [0.15, 0.2) is 0 Å². The number of hydrogen-bond acceptors (Lipinski definition) is 3. The topological polar surface area (TPSA) is 86.6 Å². The summed E-state index contributed by atoms with van der Waals surface area (Å²) in [4.78, 5) is 11.9. The minimum absolute atomic E-state index is 0.152. The van der Waals surface area contributed by atoms with Gasteiger partial charge in [0, 0.05) is 0 Å². The van der Waals surface area contributed by atoms with Crippen LogP contribution in [0.1, 0.15) is 24.2 Å². The number of nitrogens with one attached hydrogen (secondary N) is 1. The van der Waals surface area contributed by atoms with E-state index in [1.165, 1.54) is 12.1 Å². The van der Waals surface area contributed by atoms with Crippen molar-refractivity contribution in [2.75, 3.05) is 6.61 Å². The molecule has 1 rings (SSSR count). The Morgan fingerprint density at radius 2 is 2.00 bits per heavy atom. The summed E-state index contributed by atoms with van der Waals surface area (Å²) >= 11 is -3.14. The Hall–Kier alpha value is -1.07. The van der Waals surface area contributed by atoms with Crippen LogP contribution in [0.15, 0.2) is 24.3 Å². The molecule has 0 bridgehead atoms. The minimum atomic E-state index is -3.14. The summed E-state index contributed by atoms with van der Waals surface area (Å²) in [6.07, 6.45) is 0. The zero-order chi connectivity index (χ0) is 13.1. The molecule has 0 saturated carbocycles. The predicted molar refractivity (Wildman–Crippen MR) is 63.4 cm³/mol. The fourth-order valence-electron chi connectivity index (χ4n) is 1.22. The quantitative estimate of drug-likeness (QED) is 0.642. The summed E-state index contributed by atoms with van der Waals surface area (Å²) in [7, 11) is 0. The molecule has 0 fully saturated rings. The Morgan fingerprint density at radius 1 is 1.41 bits per heavy atom. The summed E-state index contributed by atoms with van der Waals surface area (Å²) in [6.45, 7) is 3.12. The van der Waals surface area contributed by atoms with E-state index in [2.05, 4.69) is 5.32 Å². The van der Waals surface area contributed by atoms with Gasteiger partial charge in [-0.1, -0.05) is 0 Å². The molecular formula is C11H15NO4Se. The summed E-state index contributed by atoms with van der Waals surface area (Å²) < 4.78 is 20.4. The van der Waals surface area contributed by atoms with Gasteiger partial charge in [-0.25, -0.2) is 0 Å². The van der Waals surface area contributed by atoms with Crippen LogP contribution in [-0.2, 0) is 3.83 Å². The molecule has 6 heteroatoms. The van der Waals surface area contributed by atoms with E-state index in [9.17, 15) is 8.63 Å². The van der Waals surface area contributed by atoms with E-state index in [1.807, 2.05) is 0 Å². The van der Waals surface area contributed by atoms with Crippen molar-refractivity contribution in [1.82, 2.24) is 5.32 Å². The van der Waals surface area contributed by atoms with Gasteiger partial charge < -0.3 is 0 Å². The molecule has 17 heavy (non-hydrogen) atoms. The molecule has 1 aromatic carbocycles. The van der Waals surface area contributed by atoms with Crippen LogP contribution >= 0.6 is 0 Å². The van der Waals surface area contributed by atoms with Crippen LogP contribution in [0.25, 0.3) is 0 Å². The molecule has 1 amide bonds. The van der Waals surface area contributed by atoms with Gasteiger partial charge in [0.1, 0.15) is 0 Å². The predicted octanol–water partition coefficient (Wildman–Crippen LogP) is -0.695. The molecule has 0 saturated heterocycles. The molecule has 0 aliphatic carbocycles. The third kappa shape index (κ3) is 3.71. The van der Waals surface area contributed by atoms with Crippen molar-refractivity contribution < 1.29 is 17.9 Å². The van der Waals surface area contributed by atoms with E-state index < -0.39 is 25.6 Å². The average Bonchev–Trinajstić information content (AvgIpc) is 2.28. The molecule has 1 aromatic rings. The van der Waals surface area contributed by atoms with Gasteiger partial charge in [0.2, 0.25) is 0 Å². The molecule has 0 aromatic heterocycles. The van der Waals surface area contributed by atoms with Crippen molar-refractivity contribution in [3.63, 3.8) is 0 Å². The number of aliphatic hydroxyl groups is 1. The maximum atomic E-state index is 11.9. The molecule has 1 atom stereocenters. The molecule has 0 heterocycles. The number of carbonyl (C=O) groups excluding carboxylic acids is 1. The Labute approximate surface area is 104 Å². The van der Waals surface area contributed by atoms with E-state index in [4.69, 9.17) is 9.30 Å². The van der Waals surface area contributed by atoms with E-state index >= 15 is 0 Å². The van der Waals surface area contributed by atoms with Gasteiger partial charge in [-0.3, -0.25) is 0 Å². The Morgan fingerprint density at radius 3 is 2.53 bits per heavy atom. The van der Waals surface area contributed by atoms with Crippen molar-refractivity contribution in [2.24, 2.45) is 0 Å². The van der Waals surface area contributed by atoms with E-state index in [0.717, 1.165) is 0 Å². The Balaban J connectivity index is 3.01. The zero-order valence-electron chi connectivity index (χ0n) is 9.64. The van der Waals surface area contributed by atoms with Crippen LogP contribution in [0.4, 0.5) is 0 Å². The van der Waals surface area contributed by atoms with Crippen LogP contribution < -0.4 is 9.78 Å². The first kappa shape index (κ1) is 14.0. The fourth-order valence-corrected chi connectivity index (χ4v) is 2.36. The SMILES string of the molecule is CC(C)(CO)NC(=O)c1ccccc1[Se](=O)O. The second kappa shape index (κ2) is 5.51. The monoisotopic (exact) mass is 305 g/mol. The molecule has 3 N–H and O–H groups in total. The summed E-state index contributed by atoms with van der Waals surface area (Å²) in [5.41, 5.74) is -0.589. The maximum absolute atomic E-state index is 11.9. The molecule has 5 nitrogen and oxygen atoms in total. The second-order valence-electron chi connectivity index (χ2n) is 4.24. The number of aliphatic hydroxyl groups excluding tert-OH is 1. The van der Waals surface area contributed by atoms with E-state index in [0.29, 0.717) is 0 Å². The molecule has 94 valence electrons. The Kier molecular flexibility index (Phi) is 4.53. The molecular weight excluding hydrogens is 289 g/mol. The number of hydrogen-bond donors (Lipinski definition) is 3. The summed E-state index contributed by atoms with van der Waals surface area (Å²) in [6, 6.07) is 6.17. The van der Waals surface area contributed by atoms with Crippen molar-refractivity contribution in [2.45, 2.75) is 19.4 Å². The molecule has 1 unspecified atom stereocenters. The van der Waals surface area contributed by atoms with Crippen molar-refractivity contribution in [1.29, 1.82) is 0 Å². The number of benzene rings is 1. The van der Waals surface area contributed by atoms with Gasteiger partial charge in [-0.15, -0.1) is 0 Å². The van der Waals surface area contributed by atoms with Gasteiger partial charge in [-0.2, -0.15) is 0 Å². The van der Waals surface area contributed by atoms with Crippen LogP contribution in [-0.4, -0.2) is 41.5 Å². The summed E-state index contributed by atoms with van der Waals surface area (Å²) in [5.74, 6) is -0.460. The van der Waals surface area contributed by atoms with Crippen LogP contribution in [0.3, 0.4) is 0 Å². The van der Waals surface area contributed by atoms with Crippen LogP contribution in [0.5, 0.6) is 0 Å². The summed E-state index contributed by atoms with van der Waals surface area (Å²) in [5, 5.41) is 11.6. The first-order valence-electron chi connectivity index (χ1n) is 5.00. The van der Waals surface area contributed by atoms with Crippen LogP contribution in [0, 0.1) is 0 Å².